The SMILES string of the molecule is Cc1cc(C#N)ccc1-c1cc(N)c2cnc(NC(=O)[C@@H]3CC3C#N)cc2c1. The van der Waals surface area contributed by atoms with Crippen LogP contribution < -0.4 is 11.1 Å². The summed E-state index contributed by atoms with van der Waals surface area (Å²) in [6, 6.07) is 15.5. The Morgan fingerprint density at radius 2 is 2.07 bits per heavy atom. The van der Waals surface area contributed by atoms with E-state index in [1.165, 1.54) is 0 Å². The third kappa shape index (κ3) is 3.13. The van der Waals surface area contributed by atoms with Gasteiger partial charge in [-0.2, -0.15) is 10.5 Å². The summed E-state index contributed by atoms with van der Waals surface area (Å²) in [6.45, 7) is 1.95. The van der Waals surface area contributed by atoms with E-state index in [4.69, 9.17) is 16.3 Å². The molecule has 1 aromatic heterocycles. The van der Waals surface area contributed by atoms with E-state index in [0.717, 1.165) is 27.5 Å². The van der Waals surface area contributed by atoms with Crippen LogP contribution in [0.3, 0.4) is 0 Å². The van der Waals surface area contributed by atoms with Crippen LogP contribution in [0.5, 0.6) is 0 Å². The largest absolute Gasteiger partial charge is 0.398 e. The molecule has 6 nitrogen and oxygen atoms in total. The first-order valence-corrected chi connectivity index (χ1v) is 8.91. The number of benzene rings is 2. The molecule has 0 radical (unpaired) electrons. The molecule has 2 aromatic carbocycles. The minimum absolute atomic E-state index is 0.175. The summed E-state index contributed by atoms with van der Waals surface area (Å²) in [6.07, 6.45) is 2.25. The smallest absolute Gasteiger partial charge is 0.230 e. The highest BCUT2D eigenvalue weighted by atomic mass is 16.2. The topological polar surface area (TPSA) is 116 Å². The lowest BCUT2D eigenvalue weighted by Gasteiger charge is -2.11. The Morgan fingerprint density at radius 3 is 2.75 bits per heavy atom. The van der Waals surface area contributed by atoms with Crippen LogP contribution in [-0.2, 0) is 4.79 Å². The second-order valence-corrected chi connectivity index (χ2v) is 7.06. The number of nitriles is 2. The number of amides is 1. The minimum atomic E-state index is -0.250. The summed E-state index contributed by atoms with van der Waals surface area (Å²) in [4.78, 5) is 16.5. The van der Waals surface area contributed by atoms with Crippen molar-refractivity contribution >= 4 is 28.2 Å². The van der Waals surface area contributed by atoms with E-state index in [9.17, 15) is 4.79 Å². The number of hydrogen-bond donors (Lipinski definition) is 2. The van der Waals surface area contributed by atoms with Gasteiger partial charge < -0.3 is 11.1 Å². The number of rotatable bonds is 3. The molecule has 0 spiro atoms. The quantitative estimate of drug-likeness (QED) is 0.684. The number of aromatic nitrogens is 1. The van der Waals surface area contributed by atoms with Crippen molar-refractivity contribution in [2.45, 2.75) is 13.3 Å². The highest BCUT2D eigenvalue weighted by molar-refractivity contribution is 6.00. The number of nitrogens with one attached hydrogen (secondary N) is 1. The van der Waals surface area contributed by atoms with E-state index < -0.39 is 0 Å². The van der Waals surface area contributed by atoms with Crippen molar-refractivity contribution in [3.63, 3.8) is 0 Å². The first kappa shape index (κ1) is 17.5. The van der Waals surface area contributed by atoms with Gasteiger partial charge in [0.05, 0.1) is 29.5 Å². The van der Waals surface area contributed by atoms with Crippen molar-refractivity contribution in [3.05, 3.63) is 53.7 Å². The van der Waals surface area contributed by atoms with Crippen molar-refractivity contribution in [1.29, 1.82) is 10.5 Å². The third-order valence-electron chi connectivity index (χ3n) is 5.08. The normalized spacial score (nSPS) is 17.5. The Bertz CT molecular complexity index is 1200. The van der Waals surface area contributed by atoms with Crippen molar-refractivity contribution in [3.8, 4) is 23.3 Å². The van der Waals surface area contributed by atoms with Gasteiger partial charge in [0.2, 0.25) is 5.91 Å². The standard InChI is InChI=1S/C22H17N5O/c1-12-4-13(9-23)2-3-17(12)14-5-15-8-21(26-11-19(15)20(25)7-14)27-22(28)18-6-16(18)10-24/h2-5,7-8,11,16,18H,6,25H2,1H3,(H,26,27,28)/t16?,18-/m1/s1. The molecule has 0 bridgehead atoms. The molecule has 1 aliphatic rings. The van der Waals surface area contributed by atoms with Gasteiger partial charge in [0.1, 0.15) is 5.82 Å². The van der Waals surface area contributed by atoms with Gasteiger partial charge in [0.15, 0.2) is 0 Å². The van der Waals surface area contributed by atoms with Gasteiger partial charge in [-0.1, -0.05) is 6.07 Å². The minimum Gasteiger partial charge on any atom is -0.398 e. The maximum absolute atomic E-state index is 12.2. The van der Waals surface area contributed by atoms with Crippen LogP contribution in [0.25, 0.3) is 21.9 Å². The fourth-order valence-electron chi connectivity index (χ4n) is 3.41. The molecule has 0 saturated heterocycles. The van der Waals surface area contributed by atoms with Gasteiger partial charge in [-0.15, -0.1) is 0 Å². The predicted octanol–water partition coefficient (Wildman–Crippen LogP) is 3.76. The average molecular weight is 367 g/mol. The third-order valence-corrected chi connectivity index (χ3v) is 5.08. The Balaban J connectivity index is 1.70. The van der Waals surface area contributed by atoms with Gasteiger partial charge in [-0.25, -0.2) is 4.98 Å². The number of carbonyl (C=O) groups is 1. The van der Waals surface area contributed by atoms with Crippen LogP contribution in [-0.4, -0.2) is 10.9 Å². The number of hydrogen-bond acceptors (Lipinski definition) is 5. The van der Waals surface area contributed by atoms with E-state index in [2.05, 4.69) is 22.4 Å². The van der Waals surface area contributed by atoms with E-state index in [1.807, 2.05) is 31.2 Å². The molecule has 1 heterocycles. The number of pyridine rings is 1. The van der Waals surface area contributed by atoms with Gasteiger partial charge in [0.25, 0.3) is 0 Å². The number of nitrogens with zero attached hydrogens (tertiary/aromatic N) is 3. The van der Waals surface area contributed by atoms with Crippen LogP contribution in [0, 0.1) is 41.4 Å². The zero-order valence-electron chi connectivity index (χ0n) is 15.2. The fourth-order valence-corrected chi connectivity index (χ4v) is 3.41. The molecule has 1 saturated carbocycles. The Hall–Kier alpha value is -3.90. The van der Waals surface area contributed by atoms with Crippen molar-refractivity contribution in [2.75, 3.05) is 11.1 Å². The summed E-state index contributed by atoms with van der Waals surface area (Å²) in [7, 11) is 0. The van der Waals surface area contributed by atoms with Crippen LogP contribution in [0.2, 0.25) is 0 Å². The van der Waals surface area contributed by atoms with E-state index in [1.54, 1.807) is 18.3 Å². The average Bonchev–Trinajstić information content (AvgIpc) is 3.47. The molecule has 136 valence electrons. The van der Waals surface area contributed by atoms with Gasteiger partial charge >= 0.3 is 0 Å². The van der Waals surface area contributed by atoms with Gasteiger partial charge in [0, 0.05) is 17.3 Å². The van der Waals surface area contributed by atoms with E-state index >= 15 is 0 Å². The molecule has 0 aliphatic heterocycles. The summed E-state index contributed by atoms with van der Waals surface area (Å²) < 4.78 is 0. The zero-order chi connectivity index (χ0) is 19.8. The van der Waals surface area contributed by atoms with Crippen LogP contribution >= 0.6 is 0 Å². The van der Waals surface area contributed by atoms with Crippen molar-refractivity contribution in [1.82, 2.24) is 4.98 Å². The van der Waals surface area contributed by atoms with E-state index in [0.29, 0.717) is 23.5 Å². The molecule has 1 amide bonds. The van der Waals surface area contributed by atoms with Crippen LogP contribution in [0.15, 0.2) is 42.6 Å². The molecule has 4 rings (SSSR count). The second kappa shape index (κ2) is 6.68. The summed E-state index contributed by atoms with van der Waals surface area (Å²) >= 11 is 0. The molecule has 3 aromatic rings. The number of nitrogens with two attached hydrogens (primary N) is 1. The summed E-state index contributed by atoms with van der Waals surface area (Å²) in [5.74, 6) is -0.179. The van der Waals surface area contributed by atoms with E-state index in [-0.39, 0.29) is 17.7 Å². The zero-order valence-corrected chi connectivity index (χ0v) is 15.2. The summed E-state index contributed by atoms with van der Waals surface area (Å²) in [5, 5.41) is 22.4. The number of aryl methyl sites for hydroxylation is 1. The maximum Gasteiger partial charge on any atom is 0.230 e. The van der Waals surface area contributed by atoms with Crippen molar-refractivity contribution in [2.24, 2.45) is 11.8 Å². The van der Waals surface area contributed by atoms with Crippen LogP contribution in [0.4, 0.5) is 11.5 Å². The molecule has 6 heteroatoms. The van der Waals surface area contributed by atoms with Gasteiger partial charge in [-0.3, -0.25) is 4.79 Å². The molecular weight excluding hydrogens is 350 g/mol. The molecule has 1 unspecified atom stereocenters. The van der Waals surface area contributed by atoms with Gasteiger partial charge in [-0.05, 0) is 65.8 Å². The molecule has 2 atom stereocenters. The maximum atomic E-state index is 12.2. The first-order valence-electron chi connectivity index (χ1n) is 8.91. The lowest BCUT2D eigenvalue weighted by Crippen LogP contribution is -2.15. The molecule has 1 fully saturated rings. The second-order valence-electron chi connectivity index (χ2n) is 7.06. The van der Waals surface area contributed by atoms with Crippen molar-refractivity contribution < 1.29 is 4.79 Å². The Labute approximate surface area is 162 Å². The molecule has 1 aliphatic carbocycles. The lowest BCUT2D eigenvalue weighted by molar-refractivity contribution is -0.117. The highest BCUT2D eigenvalue weighted by Crippen LogP contribution is 2.38. The molecular formula is C22H17N5O. The highest BCUT2D eigenvalue weighted by Gasteiger charge is 2.43. The van der Waals surface area contributed by atoms with Crippen LogP contribution in [0.1, 0.15) is 17.5 Å². The number of anilines is 2. The Kier molecular flexibility index (Phi) is 4.18. The monoisotopic (exact) mass is 367 g/mol. The lowest BCUT2D eigenvalue weighted by atomic mass is 9.96. The fraction of sp³-hybridized carbons (Fsp3) is 0.182. The Morgan fingerprint density at radius 1 is 1.25 bits per heavy atom. The first-order chi connectivity index (χ1) is 13.5. The number of nitrogen functional groups attached to an aromatic ring is 1. The number of carbonyl (C=O) groups excluding carboxylic acids is 1. The molecule has 3 N–H and O–H groups in total. The molecule has 28 heavy (non-hydrogen) atoms. The summed E-state index contributed by atoms with van der Waals surface area (Å²) in [5.41, 5.74) is 10.3. The predicted molar refractivity (Wildman–Crippen MR) is 107 cm³/mol. The number of fused-ring (bicyclic) bond motifs is 1.